The number of hydrogen-bond acceptors (Lipinski definition) is 4. The van der Waals surface area contributed by atoms with Gasteiger partial charge in [0.1, 0.15) is 12.4 Å². The second kappa shape index (κ2) is 11.8. The van der Waals surface area contributed by atoms with Crippen molar-refractivity contribution in [3.63, 3.8) is 0 Å². The smallest absolute Gasteiger partial charge is 0.250 e. The van der Waals surface area contributed by atoms with E-state index in [1.54, 1.807) is 55.7 Å². The van der Waals surface area contributed by atoms with Gasteiger partial charge in [0.2, 0.25) is 17.8 Å². The number of halogens is 3. The van der Waals surface area contributed by atoms with Crippen LogP contribution in [0.3, 0.4) is 0 Å². The highest BCUT2D eigenvalue weighted by atomic mass is 35.5. The number of rotatable bonds is 9. The number of carbonyl (C=O) groups excluding carboxylic acids is 3. The lowest BCUT2D eigenvalue weighted by Gasteiger charge is -2.26. The molecule has 4 rings (SSSR count). The molecule has 0 radical (unpaired) electrons. The zero-order valence-corrected chi connectivity index (χ0v) is 22.9. The minimum Gasteiger partial charge on any atom is -0.366 e. The van der Waals surface area contributed by atoms with Crippen LogP contribution in [0, 0.1) is 18.7 Å². The summed E-state index contributed by atoms with van der Waals surface area (Å²) in [6.07, 6.45) is 2.91. The van der Waals surface area contributed by atoms with E-state index in [2.05, 4.69) is 10.3 Å². The molecule has 8 nitrogen and oxygen atoms in total. The third-order valence-electron chi connectivity index (χ3n) is 6.57. The van der Waals surface area contributed by atoms with Crippen molar-refractivity contribution in [2.75, 3.05) is 6.54 Å². The number of hydrogen-bond donors (Lipinski definition) is 2. The lowest BCUT2D eigenvalue weighted by Crippen LogP contribution is -2.45. The maximum Gasteiger partial charge on any atom is 0.250 e. The summed E-state index contributed by atoms with van der Waals surface area (Å²) in [5.74, 6) is -2.68. The highest BCUT2D eigenvalue weighted by molar-refractivity contribution is 6.30. The standard InChI is InChI=1S/C29H28ClF2N5O3/c1-16(2)37(14-25(38)34-11-19-5-4-6-23(30)27(19)31)26(39)15-36-13-22(29(33)40)21-10-18(7-8-24(21)36)20-9-17(3)28(32)35-12-20/h4-10,12-13,16H,11,14-15H2,1-3H3,(H2,33,40)(H,34,38). The van der Waals surface area contributed by atoms with Crippen LogP contribution in [0.2, 0.25) is 5.02 Å². The summed E-state index contributed by atoms with van der Waals surface area (Å²) < 4.78 is 29.4. The Morgan fingerprint density at radius 3 is 2.55 bits per heavy atom. The molecule has 0 bridgehead atoms. The van der Waals surface area contributed by atoms with Crippen LogP contribution >= 0.6 is 11.6 Å². The number of nitrogens with one attached hydrogen (secondary N) is 1. The van der Waals surface area contributed by atoms with Crippen molar-refractivity contribution in [3.8, 4) is 11.1 Å². The number of aryl methyl sites for hydroxylation is 1. The number of fused-ring (bicyclic) bond motifs is 1. The maximum absolute atomic E-state index is 14.2. The Labute approximate surface area is 234 Å². The molecule has 0 aliphatic rings. The number of amides is 3. The zero-order valence-electron chi connectivity index (χ0n) is 22.2. The van der Waals surface area contributed by atoms with Gasteiger partial charge in [-0.3, -0.25) is 14.4 Å². The van der Waals surface area contributed by atoms with Gasteiger partial charge in [-0.25, -0.2) is 9.37 Å². The summed E-state index contributed by atoms with van der Waals surface area (Å²) >= 11 is 5.80. The maximum atomic E-state index is 14.2. The fourth-order valence-electron chi connectivity index (χ4n) is 4.40. The Morgan fingerprint density at radius 2 is 1.88 bits per heavy atom. The summed E-state index contributed by atoms with van der Waals surface area (Å²) in [5, 5.41) is 3.10. The van der Waals surface area contributed by atoms with E-state index in [1.807, 2.05) is 0 Å². The first-order valence-corrected chi connectivity index (χ1v) is 12.9. The SMILES string of the molecule is Cc1cc(-c2ccc3c(c2)c(C(N)=O)cn3CC(=O)N(CC(=O)NCc2cccc(Cl)c2F)C(C)C)cnc1F. The Bertz CT molecular complexity index is 1620. The molecule has 0 aliphatic heterocycles. The van der Waals surface area contributed by atoms with Crippen LogP contribution in [0.1, 0.15) is 35.3 Å². The number of nitrogens with zero attached hydrogens (tertiary/aromatic N) is 3. The number of nitrogens with two attached hydrogens (primary N) is 1. The molecular formula is C29H28ClF2N5O3. The van der Waals surface area contributed by atoms with Crippen molar-refractivity contribution in [3.05, 3.63) is 88.3 Å². The normalized spacial score (nSPS) is 11.2. The second-order valence-corrected chi connectivity index (χ2v) is 10.1. The predicted molar refractivity (Wildman–Crippen MR) is 148 cm³/mol. The van der Waals surface area contributed by atoms with Gasteiger partial charge < -0.3 is 20.5 Å². The van der Waals surface area contributed by atoms with Crippen LogP contribution in [-0.2, 0) is 22.7 Å². The molecule has 3 N–H and O–H groups in total. The molecule has 2 aromatic carbocycles. The first-order chi connectivity index (χ1) is 19.0. The molecule has 40 heavy (non-hydrogen) atoms. The van der Waals surface area contributed by atoms with E-state index in [4.69, 9.17) is 17.3 Å². The van der Waals surface area contributed by atoms with Crippen molar-refractivity contribution >= 4 is 40.2 Å². The first kappa shape index (κ1) is 28.7. The largest absolute Gasteiger partial charge is 0.366 e. The third kappa shape index (κ3) is 6.12. The number of pyridine rings is 1. The number of primary amides is 1. The van der Waals surface area contributed by atoms with E-state index >= 15 is 0 Å². The van der Waals surface area contributed by atoms with Crippen LogP contribution in [0.15, 0.2) is 54.9 Å². The molecule has 2 heterocycles. The molecular weight excluding hydrogens is 540 g/mol. The highest BCUT2D eigenvalue weighted by Crippen LogP contribution is 2.29. The molecule has 0 saturated heterocycles. The zero-order chi connectivity index (χ0) is 29.1. The lowest BCUT2D eigenvalue weighted by atomic mass is 10.0. The summed E-state index contributed by atoms with van der Waals surface area (Å²) in [4.78, 5) is 43.4. The van der Waals surface area contributed by atoms with Crippen LogP contribution in [0.25, 0.3) is 22.0 Å². The fourth-order valence-corrected chi connectivity index (χ4v) is 4.60. The monoisotopic (exact) mass is 567 g/mol. The third-order valence-corrected chi connectivity index (χ3v) is 6.86. The molecule has 208 valence electrons. The van der Waals surface area contributed by atoms with E-state index in [-0.39, 0.29) is 47.7 Å². The lowest BCUT2D eigenvalue weighted by molar-refractivity contribution is -0.138. The van der Waals surface area contributed by atoms with Crippen molar-refractivity contribution in [2.45, 2.75) is 39.9 Å². The summed E-state index contributed by atoms with van der Waals surface area (Å²) in [5.41, 5.74) is 8.41. The molecule has 3 amide bonds. The molecule has 0 fully saturated rings. The predicted octanol–water partition coefficient (Wildman–Crippen LogP) is 4.60. The van der Waals surface area contributed by atoms with E-state index < -0.39 is 23.6 Å². The van der Waals surface area contributed by atoms with Crippen LogP contribution in [0.4, 0.5) is 8.78 Å². The van der Waals surface area contributed by atoms with Gasteiger partial charge in [-0.05, 0) is 50.6 Å². The van der Waals surface area contributed by atoms with Gasteiger partial charge in [0, 0.05) is 52.6 Å². The minimum atomic E-state index is -0.671. The van der Waals surface area contributed by atoms with Gasteiger partial charge in [-0.15, -0.1) is 0 Å². The average molecular weight is 568 g/mol. The van der Waals surface area contributed by atoms with Crippen molar-refractivity contribution in [1.82, 2.24) is 19.8 Å². The number of benzene rings is 2. The van der Waals surface area contributed by atoms with Crippen LogP contribution in [-0.4, -0.2) is 44.8 Å². The summed E-state index contributed by atoms with van der Waals surface area (Å²) in [7, 11) is 0. The molecule has 0 saturated carbocycles. The first-order valence-electron chi connectivity index (χ1n) is 12.5. The van der Waals surface area contributed by atoms with Gasteiger partial charge in [0.25, 0.3) is 5.91 Å². The number of carbonyl (C=O) groups is 3. The van der Waals surface area contributed by atoms with Gasteiger partial charge in [-0.2, -0.15) is 4.39 Å². The van der Waals surface area contributed by atoms with E-state index in [9.17, 15) is 23.2 Å². The molecule has 11 heteroatoms. The average Bonchev–Trinajstić information content (AvgIpc) is 3.27. The molecule has 2 aromatic heterocycles. The van der Waals surface area contributed by atoms with E-state index in [1.165, 1.54) is 29.4 Å². The molecule has 0 aliphatic carbocycles. The Morgan fingerprint density at radius 1 is 1.12 bits per heavy atom. The van der Waals surface area contributed by atoms with Crippen molar-refractivity contribution < 1.29 is 23.2 Å². The quantitative estimate of drug-likeness (QED) is 0.288. The molecule has 0 spiro atoms. The molecule has 0 unspecified atom stereocenters. The topological polar surface area (TPSA) is 110 Å². The van der Waals surface area contributed by atoms with Crippen molar-refractivity contribution in [2.24, 2.45) is 5.73 Å². The van der Waals surface area contributed by atoms with Gasteiger partial charge >= 0.3 is 0 Å². The van der Waals surface area contributed by atoms with E-state index in [0.717, 1.165) is 0 Å². The highest BCUT2D eigenvalue weighted by Gasteiger charge is 2.23. The number of aromatic nitrogens is 2. The minimum absolute atomic E-state index is 0.0448. The summed E-state index contributed by atoms with van der Waals surface area (Å²) in [6, 6.07) is 11.1. The Kier molecular flexibility index (Phi) is 8.49. The molecule has 4 aromatic rings. The van der Waals surface area contributed by atoms with Gasteiger partial charge in [0.05, 0.1) is 17.1 Å². The van der Waals surface area contributed by atoms with Gasteiger partial charge in [-0.1, -0.05) is 29.8 Å². The fraction of sp³-hybridized carbons (Fsp3) is 0.241. The van der Waals surface area contributed by atoms with Crippen LogP contribution in [0.5, 0.6) is 0 Å². The van der Waals surface area contributed by atoms with Crippen LogP contribution < -0.4 is 11.1 Å². The second-order valence-electron chi connectivity index (χ2n) is 9.70. The van der Waals surface area contributed by atoms with Crippen molar-refractivity contribution in [1.29, 1.82) is 0 Å². The Hall–Kier alpha value is -4.31. The van der Waals surface area contributed by atoms with Gasteiger partial charge in [0.15, 0.2) is 0 Å². The summed E-state index contributed by atoms with van der Waals surface area (Å²) in [6.45, 7) is 4.67. The van der Waals surface area contributed by atoms with E-state index in [0.29, 0.717) is 27.6 Å². The molecule has 0 atom stereocenters. The Balaban J connectivity index is 1.54.